The maximum absolute atomic E-state index is 12.7. The molecule has 0 unspecified atom stereocenters. The van der Waals surface area contributed by atoms with Gasteiger partial charge in [-0.1, -0.05) is 26.2 Å². The first kappa shape index (κ1) is 19.8. The van der Waals surface area contributed by atoms with Crippen LogP contribution in [-0.2, 0) is 11.2 Å². The van der Waals surface area contributed by atoms with Gasteiger partial charge in [-0.05, 0) is 37.3 Å². The van der Waals surface area contributed by atoms with Crippen LogP contribution in [0, 0.1) is 5.92 Å². The van der Waals surface area contributed by atoms with Gasteiger partial charge in [0.2, 0.25) is 5.91 Å². The highest BCUT2D eigenvalue weighted by Gasteiger charge is 2.25. The lowest BCUT2D eigenvalue weighted by Gasteiger charge is -2.36. The van der Waals surface area contributed by atoms with Crippen LogP contribution in [-0.4, -0.2) is 51.9 Å². The number of hydrogen-bond acceptors (Lipinski definition) is 5. The van der Waals surface area contributed by atoms with Gasteiger partial charge >= 0.3 is 0 Å². The number of pyridine rings is 1. The van der Waals surface area contributed by atoms with E-state index >= 15 is 0 Å². The molecule has 2 fully saturated rings. The number of amides is 1. The number of anilines is 1. The number of rotatable bonds is 5. The second kappa shape index (κ2) is 9.33. The lowest BCUT2D eigenvalue weighted by Crippen LogP contribution is -2.49. The average molecular weight is 394 g/mol. The van der Waals surface area contributed by atoms with E-state index in [-0.39, 0.29) is 0 Å². The Hall–Kier alpha value is -2.50. The maximum Gasteiger partial charge on any atom is 0.222 e. The van der Waals surface area contributed by atoms with Crippen LogP contribution in [0.1, 0.15) is 51.1 Å². The molecule has 154 valence electrons. The molecule has 1 aliphatic heterocycles. The van der Waals surface area contributed by atoms with Crippen LogP contribution in [0.5, 0.6) is 0 Å². The molecule has 0 atom stereocenters. The summed E-state index contributed by atoms with van der Waals surface area (Å²) in [7, 11) is 0. The molecule has 3 heterocycles. The summed E-state index contributed by atoms with van der Waals surface area (Å²) in [6.45, 7) is 5.33. The lowest BCUT2D eigenvalue weighted by molar-refractivity contribution is -0.132. The number of nitrogens with zero attached hydrogens (tertiary/aromatic N) is 5. The van der Waals surface area contributed by atoms with Crippen molar-refractivity contribution in [3.63, 3.8) is 0 Å². The fraction of sp³-hybridized carbons (Fsp3) is 0.565. The minimum Gasteiger partial charge on any atom is -0.353 e. The van der Waals surface area contributed by atoms with Crippen molar-refractivity contribution in [2.45, 2.75) is 51.9 Å². The molecule has 0 aromatic carbocycles. The number of piperazine rings is 1. The SMILES string of the molecule is CCc1cc(N2CCN(C(=O)CC3CCCCC3)CC2)nc(-c2ccncc2)n1. The fourth-order valence-corrected chi connectivity index (χ4v) is 4.41. The lowest BCUT2D eigenvalue weighted by atomic mass is 9.86. The Morgan fingerprint density at radius 3 is 2.45 bits per heavy atom. The van der Waals surface area contributed by atoms with E-state index in [1.54, 1.807) is 12.4 Å². The van der Waals surface area contributed by atoms with E-state index in [0.29, 0.717) is 11.8 Å². The first-order valence-corrected chi connectivity index (χ1v) is 11.0. The van der Waals surface area contributed by atoms with Crippen LogP contribution in [0.3, 0.4) is 0 Å². The van der Waals surface area contributed by atoms with E-state index in [1.165, 1.54) is 32.1 Å². The van der Waals surface area contributed by atoms with Crippen LogP contribution >= 0.6 is 0 Å². The zero-order chi connectivity index (χ0) is 20.1. The second-order valence-corrected chi connectivity index (χ2v) is 8.21. The predicted molar refractivity (Wildman–Crippen MR) is 115 cm³/mol. The van der Waals surface area contributed by atoms with Gasteiger partial charge in [0.15, 0.2) is 5.82 Å². The van der Waals surface area contributed by atoms with Gasteiger partial charge in [0.1, 0.15) is 5.82 Å². The Morgan fingerprint density at radius 1 is 1.03 bits per heavy atom. The van der Waals surface area contributed by atoms with E-state index in [0.717, 1.165) is 61.9 Å². The van der Waals surface area contributed by atoms with Crippen molar-refractivity contribution in [3.8, 4) is 11.4 Å². The molecule has 2 aliphatic rings. The van der Waals surface area contributed by atoms with Crippen molar-refractivity contribution in [1.29, 1.82) is 0 Å². The van der Waals surface area contributed by atoms with Crippen molar-refractivity contribution in [1.82, 2.24) is 19.9 Å². The standard InChI is InChI=1S/C23H31N5O/c1-2-20-17-21(26-23(25-20)19-8-10-24-11-9-19)27-12-14-28(15-13-27)22(29)16-18-6-4-3-5-7-18/h8-11,17-18H,2-7,12-16H2,1H3. The van der Waals surface area contributed by atoms with Gasteiger partial charge in [0.25, 0.3) is 0 Å². The fourth-order valence-electron chi connectivity index (χ4n) is 4.41. The molecule has 6 heteroatoms. The Balaban J connectivity index is 1.41. The minimum atomic E-state index is 0.339. The molecule has 4 rings (SSSR count). The summed E-state index contributed by atoms with van der Waals surface area (Å²) in [5, 5.41) is 0. The van der Waals surface area contributed by atoms with Gasteiger partial charge in [-0.3, -0.25) is 9.78 Å². The number of carbonyl (C=O) groups excluding carboxylic acids is 1. The summed E-state index contributed by atoms with van der Waals surface area (Å²) in [6.07, 6.45) is 11.5. The van der Waals surface area contributed by atoms with Crippen LogP contribution in [0.25, 0.3) is 11.4 Å². The molecule has 6 nitrogen and oxygen atoms in total. The Labute approximate surface area is 173 Å². The number of aryl methyl sites for hydroxylation is 1. The highest BCUT2D eigenvalue weighted by molar-refractivity contribution is 5.76. The smallest absolute Gasteiger partial charge is 0.222 e. The van der Waals surface area contributed by atoms with Gasteiger partial charge < -0.3 is 9.80 Å². The molecular weight excluding hydrogens is 362 g/mol. The molecular formula is C23H31N5O. The summed E-state index contributed by atoms with van der Waals surface area (Å²) in [4.78, 5) is 30.7. The zero-order valence-corrected chi connectivity index (χ0v) is 17.4. The van der Waals surface area contributed by atoms with Crippen molar-refractivity contribution < 1.29 is 4.79 Å². The summed E-state index contributed by atoms with van der Waals surface area (Å²) >= 11 is 0. The molecule has 1 amide bonds. The minimum absolute atomic E-state index is 0.339. The third-order valence-electron chi connectivity index (χ3n) is 6.21. The summed E-state index contributed by atoms with van der Waals surface area (Å²) in [6, 6.07) is 5.98. The first-order chi connectivity index (χ1) is 14.2. The van der Waals surface area contributed by atoms with Crippen molar-refractivity contribution in [3.05, 3.63) is 36.3 Å². The monoisotopic (exact) mass is 393 g/mol. The van der Waals surface area contributed by atoms with Crippen LogP contribution in [0.15, 0.2) is 30.6 Å². The third kappa shape index (κ3) is 4.92. The zero-order valence-electron chi connectivity index (χ0n) is 17.4. The van der Waals surface area contributed by atoms with Gasteiger partial charge in [0.05, 0.1) is 0 Å². The molecule has 1 saturated heterocycles. The van der Waals surface area contributed by atoms with Crippen LogP contribution < -0.4 is 4.90 Å². The molecule has 0 radical (unpaired) electrons. The molecule has 2 aromatic rings. The average Bonchev–Trinajstić information content (AvgIpc) is 2.80. The number of carbonyl (C=O) groups is 1. The van der Waals surface area contributed by atoms with Crippen molar-refractivity contribution >= 4 is 11.7 Å². The van der Waals surface area contributed by atoms with Gasteiger partial charge in [-0.15, -0.1) is 0 Å². The van der Waals surface area contributed by atoms with E-state index in [9.17, 15) is 4.79 Å². The summed E-state index contributed by atoms with van der Waals surface area (Å²) in [5.74, 6) is 2.65. The molecule has 0 spiro atoms. The maximum atomic E-state index is 12.7. The van der Waals surface area contributed by atoms with E-state index in [2.05, 4.69) is 27.8 Å². The Morgan fingerprint density at radius 2 is 1.76 bits per heavy atom. The van der Waals surface area contributed by atoms with Crippen LogP contribution in [0.4, 0.5) is 5.82 Å². The van der Waals surface area contributed by atoms with Crippen LogP contribution in [0.2, 0.25) is 0 Å². The van der Waals surface area contributed by atoms with Crippen molar-refractivity contribution in [2.24, 2.45) is 5.92 Å². The van der Waals surface area contributed by atoms with E-state index in [4.69, 9.17) is 9.97 Å². The van der Waals surface area contributed by atoms with E-state index < -0.39 is 0 Å². The Kier molecular flexibility index (Phi) is 6.37. The molecule has 2 aromatic heterocycles. The molecule has 0 bridgehead atoms. The summed E-state index contributed by atoms with van der Waals surface area (Å²) in [5.41, 5.74) is 2.02. The molecule has 0 N–H and O–H groups in total. The quantitative estimate of drug-likeness (QED) is 0.775. The van der Waals surface area contributed by atoms with Gasteiger partial charge in [-0.2, -0.15) is 0 Å². The predicted octanol–water partition coefficient (Wildman–Crippen LogP) is 3.72. The highest BCUT2D eigenvalue weighted by atomic mass is 16.2. The highest BCUT2D eigenvalue weighted by Crippen LogP contribution is 2.27. The Bertz CT molecular complexity index is 811. The number of aromatic nitrogens is 3. The van der Waals surface area contributed by atoms with Gasteiger partial charge in [0, 0.05) is 62.3 Å². The molecule has 1 aliphatic carbocycles. The summed E-state index contributed by atoms with van der Waals surface area (Å²) < 4.78 is 0. The van der Waals surface area contributed by atoms with Gasteiger partial charge in [-0.25, -0.2) is 9.97 Å². The molecule has 29 heavy (non-hydrogen) atoms. The third-order valence-corrected chi connectivity index (χ3v) is 6.21. The van der Waals surface area contributed by atoms with E-state index in [1.807, 2.05) is 12.1 Å². The van der Waals surface area contributed by atoms with Crippen molar-refractivity contribution in [2.75, 3.05) is 31.1 Å². The molecule has 1 saturated carbocycles. The largest absolute Gasteiger partial charge is 0.353 e. The first-order valence-electron chi connectivity index (χ1n) is 11.0. The number of hydrogen-bond donors (Lipinski definition) is 0. The normalized spacial score (nSPS) is 18.1. The second-order valence-electron chi connectivity index (χ2n) is 8.21. The topological polar surface area (TPSA) is 62.2 Å².